The van der Waals surface area contributed by atoms with Gasteiger partial charge in [-0.15, -0.1) is 0 Å². The van der Waals surface area contributed by atoms with Gasteiger partial charge in [-0.05, 0) is 37.8 Å². The summed E-state index contributed by atoms with van der Waals surface area (Å²) in [6.07, 6.45) is 0. The number of rotatable bonds is 4. The molecule has 3 N–H and O–H groups in total. The van der Waals surface area contributed by atoms with Crippen molar-refractivity contribution in [1.29, 1.82) is 5.26 Å². The van der Waals surface area contributed by atoms with Gasteiger partial charge < -0.3 is 5.73 Å². The second kappa shape index (κ2) is 7.27. The van der Waals surface area contributed by atoms with Crippen LogP contribution in [0, 0.1) is 38.0 Å². The Morgan fingerprint density at radius 3 is 2.32 bits per heavy atom. The molecule has 1 atom stereocenters. The molecule has 1 aromatic rings. The Kier molecular flexibility index (Phi) is 5.94. The Bertz CT molecular complexity index is 650. The minimum atomic E-state index is -0.888. The third-order valence-corrected chi connectivity index (χ3v) is 4.96. The lowest BCUT2D eigenvalue weighted by Gasteiger charge is -2.20. The van der Waals surface area contributed by atoms with Crippen LogP contribution >= 0.6 is 11.8 Å². The molecule has 0 bridgehead atoms. The van der Waals surface area contributed by atoms with E-state index in [-0.39, 0.29) is 5.92 Å². The zero-order chi connectivity index (χ0) is 17.0. The Hall–Kier alpha value is -2.07. The summed E-state index contributed by atoms with van der Waals surface area (Å²) < 4.78 is 0. The molecule has 3 amide bonds. The molecular formula is C15H20N4O2S. The first kappa shape index (κ1) is 18.0. The maximum absolute atomic E-state index is 12.1. The van der Waals surface area contributed by atoms with E-state index < -0.39 is 17.2 Å². The van der Waals surface area contributed by atoms with Gasteiger partial charge in [0.25, 0.3) is 0 Å². The highest BCUT2D eigenvalue weighted by Gasteiger charge is 2.27. The van der Waals surface area contributed by atoms with Gasteiger partial charge in [0.1, 0.15) is 11.1 Å². The molecule has 0 unspecified atom stereocenters. The maximum Gasteiger partial charge on any atom is 0.318 e. The summed E-state index contributed by atoms with van der Waals surface area (Å²) in [7, 11) is 0. The number of primary amides is 1. The highest BCUT2D eigenvalue weighted by molar-refractivity contribution is 8.00. The summed E-state index contributed by atoms with van der Waals surface area (Å²) in [4.78, 5) is 27.4. The number of nitrogens with zero attached hydrogens (tertiary/aromatic N) is 2. The number of carbonyl (C=O) groups excluding carboxylic acids is 2. The summed E-state index contributed by atoms with van der Waals surface area (Å²) in [5, 5.41) is 11.4. The minimum absolute atomic E-state index is 0.0559. The topological polar surface area (TPSA) is 109 Å². The normalized spacial score (nSPS) is 11.9. The van der Waals surface area contributed by atoms with Crippen molar-refractivity contribution in [1.82, 2.24) is 10.3 Å². The number of nitrogens with one attached hydrogen (secondary N) is 1. The van der Waals surface area contributed by atoms with Gasteiger partial charge in [-0.1, -0.05) is 25.6 Å². The zero-order valence-corrected chi connectivity index (χ0v) is 14.2. The molecule has 0 aromatic carbocycles. The minimum Gasteiger partial charge on any atom is -0.351 e. The van der Waals surface area contributed by atoms with Crippen LogP contribution < -0.4 is 11.1 Å². The number of imide groups is 1. The van der Waals surface area contributed by atoms with Crippen molar-refractivity contribution in [3.05, 3.63) is 22.4 Å². The number of aryl methyl sites for hydroxylation is 1. The number of carbonyl (C=O) groups is 2. The molecule has 118 valence electrons. The number of nitrogens with two attached hydrogens (primary N) is 1. The summed E-state index contributed by atoms with van der Waals surface area (Å²) in [6.45, 7) is 9.35. The van der Waals surface area contributed by atoms with Gasteiger partial charge in [-0.25, -0.2) is 9.78 Å². The van der Waals surface area contributed by atoms with E-state index in [2.05, 4.69) is 16.4 Å². The molecule has 7 heteroatoms. The maximum atomic E-state index is 12.1. The largest absolute Gasteiger partial charge is 0.351 e. The third-order valence-electron chi connectivity index (χ3n) is 3.42. The van der Waals surface area contributed by atoms with Gasteiger partial charge in [-0.2, -0.15) is 5.26 Å². The van der Waals surface area contributed by atoms with Crippen LogP contribution in [0.1, 0.15) is 36.2 Å². The summed E-state index contributed by atoms with van der Waals surface area (Å²) in [6, 6.07) is 1.26. The lowest BCUT2D eigenvalue weighted by Crippen LogP contribution is -2.42. The number of hydrogen-bond donors (Lipinski definition) is 2. The van der Waals surface area contributed by atoms with Crippen LogP contribution in [0.25, 0.3) is 0 Å². The quantitative estimate of drug-likeness (QED) is 0.826. The Balaban J connectivity index is 3.23. The second-order valence-electron chi connectivity index (χ2n) is 5.38. The number of urea groups is 1. The third kappa shape index (κ3) is 3.98. The van der Waals surface area contributed by atoms with E-state index in [0.29, 0.717) is 10.6 Å². The van der Waals surface area contributed by atoms with Gasteiger partial charge >= 0.3 is 6.03 Å². The average molecular weight is 320 g/mol. The van der Waals surface area contributed by atoms with Crippen molar-refractivity contribution in [2.75, 3.05) is 0 Å². The van der Waals surface area contributed by atoms with E-state index in [1.54, 1.807) is 0 Å². The van der Waals surface area contributed by atoms with Crippen LogP contribution in [0.15, 0.2) is 5.03 Å². The summed E-state index contributed by atoms with van der Waals surface area (Å²) in [5.41, 5.74) is 8.10. The number of nitriles is 1. The van der Waals surface area contributed by atoms with E-state index in [1.807, 2.05) is 34.6 Å². The van der Waals surface area contributed by atoms with Crippen LogP contribution in [0.5, 0.6) is 0 Å². The van der Waals surface area contributed by atoms with E-state index >= 15 is 0 Å². The summed E-state index contributed by atoms with van der Waals surface area (Å²) >= 11 is 1.18. The first-order valence-corrected chi connectivity index (χ1v) is 7.71. The summed E-state index contributed by atoms with van der Waals surface area (Å²) in [5.74, 6) is -0.534. The van der Waals surface area contributed by atoms with E-state index in [0.717, 1.165) is 16.8 Å². The standard InChI is InChI=1S/C15H20N4O2S/c1-7(2)12(13(20)19-15(17)21)22-14-11(6-16)9(4)8(3)10(5)18-14/h7,12H,1-5H3,(H3,17,19,20,21)/t12-/m0/s1. The van der Waals surface area contributed by atoms with Gasteiger partial charge in [0, 0.05) is 5.69 Å². The second-order valence-corrected chi connectivity index (χ2v) is 6.51. The Morgan fingerprint density at radius 1 is 1.27 bits per heavy atom. The van der Waals surface area contributed by atoms with Crippen molar-refractivity contribution in [3.63, 3.8) is 0 Å². The molecule has 0 saturated carbocycles. The molecule has 1 aromatic heterocycles. The number of hydrogen-bond acceptors (Lipinski definition) is 5. The molecule has 0 fully saturated rings. The van der Waals surface area contributed by atoms with Gasteiger partial charge in [0.15, 0.2) is 0 Å². The smallest absolute Gasteiger partial charge is 0.318 e. The molecule has 1 heterocycles. The van der Waals surface area contributed by atoms with Crippen LogP contribution in [0.2, 0.25) is 0 Å². The number of aromatic nitrogens is 1. The monoisotopic (exact) mass is 320 g/mol. The van der Waals surface area contributed by atoms with Crippen molar-refractivity contribution in [3.8, 4) is 6.07 Å². The molecule has 0 spiro atoms. The molecule has 0 aliphatic heterocycles. The van der Waals surface area contributed by atoms with E-state index in [4.69, 9.17) is 5.73 Å². The lowest BCUT2D eigenvalue weighted by atomic mass is 10.1. The fraction of sp³-hybridized carbons (Fsp3) is 0.467. The fourth-order valence-corrected chi connectivity index (χ4v) is 3.12. The molecule has 22 heavy (non-hydrogen) atoms. The van der Waals surface area contributed by atoms with Crippen LogP contribution in [0.3, 0.4) is 0 Å². The van der Waals surface area contributed by atoms with Crippen molar-refractivity contribution >= 4 is 23.7 Å². The van der Waals surface area contributed by atoms with Crippen molar-refractivity contribution < 1.29 is 9.59 Å². The molecule has 6 nitrogen and oxygen atoms in total. The predicted octanol–water partition coefficient (Wildman–Crippen LogP) is 2.19. The van der Waals surface area contributed by atoms with E-state index in [1.165, 1.54) is 11.8 Å². The number of amides is 3. The van der Waals surface area contributed by atoms with Crippen molar-refractivity contribution in [2.24, 2.45) is 11.7 Å². The van der Waals surface area contributed by atoms with Gasteiger partial charge in [-0.3, -0.25) is 10.1 Å². The lowest BCUT2D eigenvalue weighted by molar-refractivity contribution is -0.120. The molecular weight excluding hydrogens is 300 g/mol. The SMILES string of the molecule is Cc1nc(S[C@H](C(=O)NC(N)=O)C(C)C)c(C#N)c(C)c1C. The Labute approximate surface area is 134 Å². The van der Waals surface area contributed by atoms with Gasteiger partial charge in [0.2, 0.25) is 5.91 Å². The fourth-order valence-electron chi connectivity index (χ4n) is 1.93. The molecule has 0 saturated heterocycles. The van der Waals surface area contributed by atoms with Crippen LogP contribution in [-0.2, 0) is 4.79 Å². The van der Waals surface area contributed by atoms with Crippen LogP contribution in [0.4, 0.5) is 4.79 Å². The molecule has 0 aliphatic carbocycles. The molecule has 0 radical (unpaired) electrons. The van der Waals surface area contributed by atoms with Crippen molar-refractivity contribution in [2.45, 2.75) is 44.9 Å². The van der Waals surface area contributed by atoms with Gasteiger partial charge in [0.05, 0.1) is 10.8 Å². The van der Waals surface area contributed by atoms with E-state index in [9.17, 15) is 14.9 Å². The van der Waals surface area contributed by atoms with Crippen LogP contribution in [-0.4, -0.2) is 22.2 Å². The Morgan fingerprint density at radius 2 is 1.86 bits per heavy atom. The molecule has 1 rings (SSSR count). The zero-order valence-electron chi connectivity index (χ0n) is 13.4. The highest BCUT2D eigenvalue weighted by atomic mass is 32.2. The number of thioether (sulfide) groups is 1. The predicted molar refractivity (Wildman–Crippen MR) is 85.4 cm³/mol. The first-order chi connectivity index (χ1) is 10.2. The number of pyridine rings is 1. The highest BCUT2D eigenvalue weighted by Crippen LogP contribution is 2.32. The molecule has 0 aliphatic rings. The average Bonchev–Trinajstić information content (AvgIpc) is 2.41. The first-order valence-electron chi connectivity index (χ1n) is 6.83.